The smallest absolute Gasteiger partial charge is 0.261 e. The van der Waals surface area contributed by atoms with Crippen molar-refractivity contribution >= 4 is 29.1 Å². The van der Waals surface area contributed by atoms with Crippen LogP contribution in [0.5, 0.6) is 5.75 Å². The molecule has 0 aliphatic heterocycles. The molecule has 1 aromatic carbocycles. The van der Waals surface area contributed by atoms with Gasteiger partial charge in [0.1, 0.15) is 5.75 Å². The van der Waals surface area contributed by atoms with Crippen LogP contribution in [0.3, 0.4) is 0 Å². The molecule has 0 heterocycles. The number of nitrogens with one attached hydrogen (secondary N) is 1. The van der Waals surface area contributed by atoms with E-state index in [1.165, 1.54) is 0 Å². The number of ether oxygens (including phenoxy) is 1. The van der Waals surface area contributed by atoms with Crippen molar-refractivity contribution in [2.45, 2.75) is 32.4 Å². The van der Waals surface area contributed by atoms with Gasteiger partial charge in [-0.3, -0.25) is 4.79 Å². The summed E-state index contributed by atoms with van der Waals surface area (Å²) >= 11 is 12.2. The Morgan fingerprint density at radius 3 is 2.71 bits per heavy atom. The fourth-order valence-electron chi connectivity index (χ4n) is 1.79. The molecular weight excluding hydrogens is 311 g/mol. The Morgan fingerprint density at radius 1 is 1.48 bits per heavy atom. The van der Waals surface area contributed by atoms with Crippen LogP contribution in [0.2, 0.25) is 10.0 Å². The Kier molecular flexibility index (Phi) is 7.02. The topological polar surface area (TPSA) is 64.3 Å². The molecule has 0 bridgehead atoms. The third-order valence-corrected chi connectivity index (χ3v) is 3.21. The van der Waals surface area contributed by atoms with E-state index in [0.29, 0.717) is 28.8 Å². The maximum absolute atomic E-state index is 11.8. The predicted octanol–water partition coefficient (Wildman–Crippen LogP) is 2.95. The van der Waals surface area contributed by atoms with E-state index in [0.717, 1.165) is 5.56 Å². The van der Waals surface area contributed by atoms with E-state index < -0.39 is 6.10 Å². The number of hydrogen-bond acceptors (Lipinski definition) is 3. The molecule has 0 aromatic heterocycles. The van der Waals surface area contributed by atoms with Crippen LogP contribution in [0.15, 0.2) is 24.8 Å². The summed E-state index contributed by atoms with van der Waals surface area (Å²) in [6.07, 6.45) is 1.47. The van der Waals surface area contributed by atoms with E-state index in [9.17, 15) is 4.79 Å². The van der Waals surface area contributed by atoms with Crippen LogP contribution >= 0.6 is 23.2 Å². The number of carbonyl (C=O) groups is 1. The fourth-order valence-corrected chi connectivity index (χ4v) is 2.37. The highest BCUT2D eigenvalue weighted by Crippen LogP contribution is 2.33. The Bertz CT molecular complexity index is 519. The monoisotopic (exact) mass is 330 g/mol. The lowest BCUT2D eigenvalue weighted by Crippen LogP contribution is -2.36. The average Bonchev–Trinajstić information content (AvgIpc) is 2.38. The molecule has 0 spiro atoms. The van der Waals surface area contributed by atoms with Gasteiger partial charge in [-0.1, -0.05) is 29.3 Å². The highest BCUT2D eigenvalue weighted by molar-refractivity contribution is 6.35. The molecule has 2 unspecified atom stereocenters. The lowest BCUT2D eigenvalue weighted by atomic mass is 10.1. The Labute approximate surface area is 135 Å². The summed E-state index contributed by atoms with van der Waals surface area (Å²) in [5.74, 6) is 0.201. The van der Waals surface area contributed by atoms with Crippen molar-refractivity contribution in [3.8, 4) is 5.75 Å². The predicted molar refractivity (Wildman–Crippen MR) is 87.1 cm³/mol. The zero-order chi connectivity index (χ0) is 16.0. The number of amides is 1. The van der Waals surface area contributed by atoms with Crippen molar-refractivity contribution in [1.29, 1.82) is 0 Å². The number of rotatable bonds is 7. The summed E-state index contributed by atoms with van der Waals surface area (Å²) in [6, 6.07) is 3.25. The molecule has 0 radical (unpaired) electrons. The average molecular weight is 331 g/mol. The molecule has 1 aromatic rings. The zero-order valence-corrected chi connectivity index (χ0v) is 13.7. The van der Waals surface area contributed by atoms with Crippen LogP contribution < -0.4 is 15.8 Å². The van der Waals surface area contributed by atoms with Gasteiger partial charge in [-0.15, -0.1) is 6.58 Å². The van der Waals surface area contributed by atoms with E-state index in [1.54, 1.807) is 25.1 Å². The minimum atomic E-state index is -0.685. The van der Waals surface area contributed by atoms with Gasteiger partial charge in [0.15, 0.2) is 6.10 Å². The van der Waals surface area contributed by atoms with E-state index in [4.69, 9.17) is 33.7 Å². The highest BCUT2D eigenvalue weighted by Gasteiger charge is 2.19. The maximum atomic E-state index is 11.8. The first-order chi connectivity index (χ1) is 9.85. The summed E-state index contributed by atoms with van der Waals surface area (Å²) in [6.45, 7) is 7.45. The summed E-state index contributed by atoms with van der Waals surface area (Å²) < 4.78 is 5.70. The van der Waals surface area contributed by atoms with Crippen molar-refractivity contribution < 1.29 is 9.53 Å². The number of carbonyl (C=O) groups excluding carboxylic acids is 1. The number of nitrogens with two attached hydrogens (primary N) is 1. The fraction of sp³-hybridized carbons (Fsp3) is 0.400. The van der Waals surface area contributed by atoms with Crippen LogP contribution in [-0.2, 0) is 11.2 Å². The summed E-state index contributed by atoms with van der Waals surface area (Å²) in [5, 5.41) is 3.54. The maximum Gasteiger partial charge on any atom is 0.261 e. The van der Waals surface area contributed by atoms with Crippen molar-refractivity contribution in [3.05, 3.63) is 40.4 Å². The number of hydrogen-bond donors (Lipinski definition) is 2. The molecule has 0 fully saturated rings. The molecular formula is C15H20Cl2N2O2. The van der Waals surface area contributed by atoms with E-state index in [-0.39, 0.29) is 11.9 Å². The largest absolute Gasteiger partial charge is 0.479 e. The second-order valence-corrected chi connectivity index (χ2v) is 5.69. The molecule has 21 heavy (non-hydrogen) atoms. The van der Waals surface area contributed by atoms with Crippen LogP contribution in [0.25, 0.3) is 0 Å². The van der Waals surface area contributed by atoms with Crippen LogP contribution in [0.1, 0.15) is 19.4 Å². The van der Waals surface area contributed by atoms with Crippen molar-refractivity contribution in [3.63, 3.8) is 0 Å². The quantitative estimate of drug-likeness (QED) is 0.755. The summed E-state index contributed by atoms with van der Waals surface area (Å²) in [5.41, 5.74) is 6.60. The minimum Gasteiger partial charge on any atom is -0.479 e. The van der Waals surface area contributed by atoms with Gasteiger partial charge < -0.3 is 15.8 Å². The van der Waals surface area contributed by atoms with Gasteiger partial charge in [0, 0.05) is 17.6 Å². The Morgan fingerprint density at radius 2 is 2.14 bits per heavy atom. The highest BCUT2D eigenvalue weighted by atomic mass is 35.5. The molecule has 4 nitrogen and oxygen atoms in total. The number of benzene rings is 1. The normalized spacial score (nSPS) is 13.4. The van der Waals surface area contributed by atoms with Gasteiger partial charge in [0.2, 0.25) is 0 Å². The van der Waals surface area contributed by atoms with Gasteiger partial charge in [-0.25, -0.2) is 0 Å². The zero-order valence-electron chi connectivity index (χ0n) is 12.2. The first-order valence-corrected chi connectivity index (χ1v) is 7.39. The molecule has 116 valence electrons. The van der Waals surface area contributed by atoms with E-state index >= 15 is 0 Å². The number of halogens is 2. The summed E-state index contributed by atoms with van der Waals surface area (Å²) in [7, 11) is 0. The molecule has 1 amide bonds. The standard InChI is InChI=1S/C15H20Cl2N2O2/c1-4-5-19-15(20)10(3)21-14-11(6-9(2)18)7-12(16)8-13(14)17/h4,7-10H,1,5-6,18H2,2-3H3,(H,19,20). The first kappa shape index (κ1) is 17.8. The third kappa shape index (κ3) is 5.58. The lowest BCUT2D eigenvalue weighted by molar-refractivity contribution is -0.127. The molecule has 0 saturated heterocycles. The molecule has 6 heteroatoms. The van der Waals surface area contributed by atoms with Gasteiger partial charge in [0.25, 0.3) is 5.91 Å². The van der Waals surface area contributed by atoms with E-state index in [2.05, 4.69) is 11.9 Å². The van der Waals surface area contributed by atoms with Crippen LogP contribution in [0.4, 0.5) is 0 Å². The van der Waals surface area contributed by atoms with Crippen molar-refractivity contribution in [2.75, 3.05) is 6.54 Å². The molecule has 0 saturated carbocycles. The molecule has 0 aliphatic carbocycles. The van der Waals surface area contributed by atoms with Gasteiger partial charge in [-0.05, 0) is 38.0 Å². The molecule has 0 aliphatic rings. The van der Waals surface area contributed by atoms with Gasteiger partial charge in [0.05, 0.1) is 5.02 Å². The van der Waals surface area contributed by atoms with Crippen LogP contribution in [0, 0.1) is 0 Å². The third-order valence-electron chi connectivity index (χ3n) is 2.71. The minimum absolute atomic E-state index is 0.0771. The lowest BCUT2D eigenvalue weighted by Gasteiger charge is -2.19. The molecule has 2 atom stereocenters. The Hall–Kier alpha value is -1.23. The van der Waals surface area contributed by atoms with Crippen molar-refractivity contribution in [2.24, 2.45) is 5.73 Å². The molecule has 3 N–H and O–H groups in total. The van der Waals surface area contributed by atoms with Gasteiger partial charge in [-0.2, -0.15) is 0 Å². The first-order valence-electron chi connectivity index (χ1n) is 6.64. The molecule has 1 rings (SSSR count). The van der Waals surface area contributed by atoms with E-state index in [1.807, 2.05) is 6.92 Å². The Balaban J connectivity index is 2.95. The second kappa shape index (κ2) is 8.27. The summed E-state index contributed by atoms with van der Waals surface area (Å²) in [4.78, 5) is 11.8. The van der Waals surface area contributed by atoms with Crippen LogP contribution in [-0.4, -0.2) is 24.6 Å². The second-order valence-electron chi connectivity index (χ2n) is 4.85. The van der Waals surface area contributed by atoms with Crippen molar-refractivity contribution in [1.82, 2.24) is 5.32 Å². The van der Waals surface area contributed by atoms with Gasteiger partial charge >= 0.3 is 0 Å². The SMILES string of the molecule is C=CCNC(=O)C(C)Oc1c(Cl)cc(Cl)cc1CC(C)N.